The highest BCUT2D eigenvalue weighted by molar-refractivity contribution is 7.19. The van der Waals surface area contributed by atoms with Gasteiger partial charge in [-0.3, -0.25) is 14.3 Å². The Morgan fingerprint density at radius 3 is 2.33 bits per heavy atom. The van der Waals surface area contributed by atoms with Gasteiger partial charge in [-0.2, -0.15) is 5.10 Å². The van der Waals surface area contributed by atoms with E-state index in [9.17, 15) is 9.59 Å². The third-order valence-electron chi connectivity index (χ3n) is 9.94. The molecule has 4 aliphatic carbocycles. The number of aromatic nitrogens is 3. The Labute approximate surface area is 235 Å². The first-order chi connectivity index (χ1) is 19.0. The largest absolute Gasteiger partial charge is 0.353 e. The molecule has 1 saturated heterocycles. The number of piperidine rings is 1. The molecular formula is C30H42N6O2S. The van der Waals surface area contributed by atoms with E-state index in [1.54, 1.807) is 11.3 Å². The molecule has 9 heteroatoms. The summed E-state index contributed by atoms with van der Waals surface area (Å²) in [5, 5.41) is 12.3. The fourth-order valence-corrected chi connectivity index (χ4v) is 8.78. The van der Waals surface area contributed by atoms with Crippen molar-refractivity contribution in [1.29, 1.82) is 0 Å². The molecule has 0 spiro atoms. The summed E-state index contributed by atoms with van der Waals surface area (Å²) < 4.78 is 2.31. The average molecular weight is 551 g/mol. The summed E-state index contributed by atoms with van der Waals surface area (Å²) in [5.41, 5.74) is 5.04. The van der Waals surface area contributed by atoms with Crippen molar-refractivity contribution in [3.05, 3.63) is 17.0 Å². The van der Waals surface area contributed by atoms with Crippen molar-refractivity contribution in [2.75, 3.05) is 18.4 Å². The van der Waals surface area contributed by atoms with Crippen LogP contribution in [0, 0.1) is 5.92 Å². The van der Waals surface area contributed by atoms with E-state index in [0.717, 1.165) is 76.2 Å². The molecule has 2 amide bonds. The first-order valence-corrected chi connectivity index (χ1v) is 16.3. The lowest BCUT2D eigenvalue weighted by Gasteiger charge is -2.37. The molecule has 2 aromatic rings. The number of hydrogen-bond donors (Lipinski definition) is 2. The van der Waals surface area contributed by atoms with Crippen molar-refractivity contribution in [3.8, 4) is 10.6 Å². The van der Waals surface area contributed by atoms with Crippen LogP contribution in [0.3, 0.4) is 0 Å². The molecule has 4 fully saturated rings. The van der Waals surface area contributed by atoms with E-state index in [-0.39, 0.29) is 17.7 Å². The highest BCUT2D eigenvalue weighted by Gasteiger charge is 2.38. The maximum atomic E-state index is 13.2. The number of thiazole rings is 1. The third kappa shape index (κ3) is 5.17. The first-order valence-electron chi connectivity index (χ1n) is 15.5. The number of likely N-dealkylation sites (tertiary alicyclic amines) is 1. The molecule has 0 radical (unpaired) electrons. The van der Waals surface area contributed by atoms with E-state index in [2.05, 4.69) is 20.2 Å². The zero-order chi connectivity index (χ0) is 26.5. The van der Waals surface area contributed by atoms with Crippen molar-refractivity contribution in [2.45, 2.75) is 121 Å². The van der Waals surface area contributed by atoms with Crippen LogP contribution in [0.2, 0.25) is 0 Å². The Balaban J connectivity index is 1.01. The number of fused-ring (bicyclic) bond motifs is 3. The van der Waals surface area contributed by atoms with Crippen molar-refractivity contribution in [1.82, 2.24) is 25.0 Å². The minimum Gasteiger partial charge on any atom is -0.353 e. The molecule has 1 aliphatic heterocycles. The van der Waals surface area contributed by atoms with Crippen molar-refractivity contribution < 1.29 is 9.59 Å². The summed E-state index contributed by atoms with van der Waals surface area (Å²) in [6.07, 6.45) is 15.9. The lowest BCUT2D eigenvalue weighted by Crippen LogP contribution is -2.48. The van der Waals surface area contributed by atoms with Gasteiger partial charge in [0.2, 0.25) is 11.8 Å². The van der Waals surface area contributed by atoms with Crippen LogP contribution in [-0.2, 0) is 22.4 Å². The van der Waals surface area contributed by atoms with Gasteiger partial charge in [0.1, 0.15) is 0 Å². The number of rotatable bonds is 6. The third-order valence-corrected chi connectivity index (χ3v) is 11.0. The maximum absolute atomic E-state index is 13.2. The average Bonchev–Trinajstić information content (AvgIpc) is 3.32. The molecule has 0 atom stereocenters. The molecular weight excluding hydrogens is 508 g/mol. The molecule has 3 saturated carbocycles. The molecule has 39 heavy (non-hydrogen) atoms. The number of nitrogens with one attached hydrogen (secondary N) is 2. The molecule has 7 rings (SSSR count). The van der Waals surface area contributed by atoms with Gasteiger partial charge in [-0.1, -0.05) is 24.2 Å². The summed E-state index contributed by atoms with van der Waals surface area (Å²) in [7, 11) is 0. The fourth-order valence-electron chi connectivity index (χ4n) is 7.66. The molecule has 5 aliphatic rings. The van der Waals surface area contributed by atoms with Gasteiger partial charge in [-0.15, -0.1) is 0 Å². The first kappa shape index (κ1) is 25.7. The Morgan fingerprint density at radius 2 is 1.64 bits per heavy atom. The maximum Gasteiger partial charge on any atom is 0.223 e. The van der Waals surface area contributed by atoms with E-state index >= 15 is 0 Å². The molecule has 210 valence electrons. The van der Waals surface area contributed by atoms with E-state index in [4.69, 9.17) is 10.1 Å². The number of carbonyl (C=O) groups excluding carboxylic acids is 2. The standard InChI is InChI=1S/C30H42N6O2S/c1-18(37)31-30-33-25-13-12-24-26(19-6-7-19)34-36(27(24)28(25)39-30)23-10-8-20(9-11-23)29(38)32-21-14-16-35(17-15-21)22-4-2-3-5-22/h19-23H,2-17H2,1H3,(H,32,38)(H,31,33,37)/t20-,23-. The second-order valence-electron chi connectivity index (χ2n) is 12.7. The van der Waals surface area contributed by atoms with Crippen LogP contribution in [0.5, 0.6) is 0 Å². The minimum atomic E-state index is -0.0792. The van der Waals surface area contributed by atoms with Crippen LogP contribution < -0.4 is 10.6 Å². The van der Waals surface area contributed by atoms with Crippen LogP contribution in [-0.4, -0.2) is 56.7 Å². The van der Waals surface area contributed by atoms with Gasteiger partial charge < -0.3 is 15.5 Å². The van der Waals surface area contributed by atoms with Crippen LogP contribution in [0.4, 0.5) is 5.13 Å². The number of amides is 2. The van der Waals surface area contributed by atoms with Crippen LogP contribution in [0.1, 0.15) is 113 Å². The van der Waals surface area contributed by atoms with E-state index in [1.165, 1.54) is 67.3 Å². The summed E-state index contributed by atoms with van der Waals surface area (Å²) in [6, 6.07) is 1.46. The van der Waals surface area contributed by atoms with Gasteiger partial charge in [-0.05, 0) is 77.0 Å². The van der Waals surface area contributed by atoms with Crippen LogP contribution in [0.15, 0.2) is 0 Å². The monoisotopic (exact) mass is 550 g/mol. The van der Waals surface area contributed by atoms with E-state index in [1.807, 2.05) is 0 Å². The quantitative estimate of drug-likeness (QED) is 0.516. The minimum absolute atomic E-state index is 0.0792. The lowest BCUT2D eigenvalue weighted by molar-refractivity contribution is -0.127. The highest BCUT2D eigenvalue weighted by Crippen LogP contribution is 2.49. The summed E-state index contributed by atoms with van der Waals surface area (Å²) >= 11 is 1.59. The van der Waals surface area contributed by atoms with Gasteiger partial charge in [-0.25, -0.2) is 4.98 Å². The van der Waals surface area contributed by atoms with Crippen molar-refractivity contribution in [2.24, 2.45) is 5.92 Å². The van der Waals surface area contributed by atoms with Crippen LogP contribution >= 0.6 is 11.3 Å². The number of aryl methyl sites for hydroxylation is 1. The molecule has 0 aromatic carbocycles. The SMILES string of the molecule is CC(=O)Nc1nc2c(s1)-c1c(c(C3CC3)nn1[C@H]1CC[C@H](C(=O)NC3CCN(C4CCCC4)CC3)CC1)CC2. The zero-order valence-corrected chi connectivity index (χ0v) is 24.0. The Kier molecular flexibility index (Phi) is 6.99. The molecule has 8 nitrogen and oxygen atoms in total. The Bertz CT molecular complexity index is 1230. The zero-order valence-electron chi connectivity index (χ0n) is 23.2. The van der Waals surface area contributed by atoms with Gasteiger partial charge in [0.15, 0.2) is 5.13 Å². The predicted molar refractivity (Wildman–Crippen MR) is 153 cm³/mol. The Hall–Kier alpha value is -2.26. The van der Waals surface area contributed by atoms with E-state index < -0.39 is 0 Å². The number of nitrogens with zero attached hydrogens (tertiary/aromatic N) is 4. The topological polar surface area (TPSA) is 92.1 Å². The molecule has 0 bridgehead atoms. The Morgan fingerprint density at radius 1 is 0.897 bits per heavy atom. The summed E-state index contributed by atoms with van der Waals surface area (Å²) in [6.45, 7) is 3.81. The van der Waals surface area contributed by atoms with Gasteiger partial charge in [0.25, 0.3) is 0 Å². The number of hydrogen-bond acceptors (Lipinski definition) is 6. The van der Waals surface area contributed by atoms with Crippen molar-refractivity contribution >= 4 is 28.3 Å². The predicted octanol–water partition coefficient (Wildman–Crippen LogP) is 5.20. The summed E-state index contributed by atoms with van der Waals surface area (Å²) in [5.74, 6) is 0.920. The normalized spacial score (nSPS) is 26.3. The number of carbonyl (C=O) groups is 2. The fraction of sp³-hybridized carbons (Fsp3) is 0.733. The summed E-state index contributed by atoms with van der Waals surface area (Å²) in [4.78, 5) is 33.5. The van der Waals surface area contributed by atoms with Gasteiger partial charge in [0.05, 0.1) is 28.0 Å². The van der Waals surface area contributed by atoms with Gasteiger partial charge >= 0.3 is 0 Å². The molecule has 3 heterocycles. The highest BCUT2D eigenvalue weighted by atomic mass is 32.1. The van der Waals surface area contributed by atoms with Gasteiger partial charge in [0, 0.05) is 49.5 Å². The molecule has 0 unspecified atom stereocenters. The molecule has 2 N–H and O–H groups in total. The van der Waals surface area contributed by atoms with Crippen molar-refractivity contribution in [3.63, 3.8) is 0 Å². The molecule has 2 aromatic heterocycles. The number of anilines is 1. The second kappa shape index (κ2) is 10.6. The van der Waals surface area contributed by atoms with E-state index in [0.29, 0.717) is 23.1 Å². The second-order valence-corrected chi connectivity index (χ2v) is 13.7. The smallest absolute Gasteiger partial charge is 0.223 e. The lowest BCUT2D eigenvalue weighted by atomic mass is 9.84. The van der Waals surface area contributed by atoms with Crippen LogP contribution in [0.25, 0.3) is 10.6 Å².